The number of aliphatic carboxylic acids is 1. The normalized spacial score (nSPS) is 10.7. The molecule has 12 heavy (non-hydrogen) atoms. The second-order valence-electron chi connectivity index (χ2n) is 2.35. The van der Waals surface area contributed by atoms with Gasteiger partial charge in [0.05, 0.1) is 6.42 Å². The number of allylic oxidation sites excluding steroid dienone is 1. The van der Waals surface area contributed by atoms with E-state index in [0.29, 0.717) is 0 Å². The number of hydrogen-bond donors (Lipinski definition) is 1. The standard InChI is InChI=1S/C9H10O2S/c10-9(11)6-2-1-4-8-5-3-7-12-8/h1-3,5,7H,4,6H2,(H,10,11). The molecule has 0 saturated heterocycles. The van der Waals surface area contributed by atoms with E-state index in [9.17, 15) is 4.79 Å². The summed E-state index contributed by atoms with van der Waals surface area (Å²) in [5.74, 6) is -0.780. The number of carboxylic acid groups (broad SMARTS) is 1. The van der Waals surface area contributed by atoms with Crippen LogP contribution in [0.3, 0.4) is 0 Å². The fourth-order valence-electron chi connectivity index (χ4n) is 0.812. The zero-order valence-corrected chi connectivity index (χ0v) is 7.38. The number of thiophene rings is 1. The van der Waals surface area contributed by atoms with E-state index in [-0.39, 0.29) is 6.42 Å². The van der Waals surface area contributed by atoms with Gasteiger partial charge >= 0.3 is 5.97 Å². The first-order valence-electron chi connectivity index (χ1n) is 3.68. The lowest BCUT2D eigenvalue weighted by atomic mass is 10.3. The summed E-state index contributed by atoms with van der Waals surface area (Å²) in [6, 6.07) is 4.03. The van der Waals surface area contributed by atoms with Crippen LogP contribution in [0.15, 0.2) is 29.7 Å². The summed E-state index contributed by atoms with van der Waals surface area (Å²) in [5, 5.41) is 10.3. The molecule has 0 atom stereocenters. The molecule has 0 aromatic carbocycles. The molecule has 1 aromatic heterocycles. The monoisotopic (exact) mass is 182 g/mol. The predicted octanol–water partition coefficient (Wildman–Crippen LogP) is 2.32. The van der Waals surface area contributed by atoms with Crippen molar-refractivity contribution < 1.29 is 9.90 Å². The van der Waals surface area contributed by atoms with Crippen LogP contribution in [-0.2, 0) is 11.2 Å². The number of rotatable bonds is 4. The van der Waals surface area contributed by atoms with E-state index in [4.69, 9.17) is 5.11 Å². The van der Waals surface area contributed by atoms with Crippen molar-refractivity contribution in [2.75, 3.05) is 0 Å². The smallest absolute Gasteiger partial charge is 0.307 e. The Kier molecular flexibility index (Phi) is 3.54. The molecule has 0 spiro atoms. The molecule has 1 N–H and O–H groups in total. The van der Waals surface area contributed by atoms with E-state index in [2.05, 4.69) is 0 Å². The number of carboxylic acids is 1. The van der Waals surface area contributed by atoms with Crippen molar-refractivity contribution in [1.29, 1.82) is 0 Å². The van der Waals surface area contributed by atoms with Crippen molar-refractivity contribution in [3.05, 3.63) is 34.5 Å². The van der Waals surface area contributed by atoms with Crippen molar-refractivity contribution in [3.8, 4) is 0 Å². The molecule has 0 bridgehead atoms. The lowest BCUT2D eigenvalue weighted by Gasteiger charge is -1.86. The van der Waals surface area contributed by atoms with Crippen molar-refractivity contribution in [1.82, 2.24) is 0 Å². The molecule has 0 saturated carbocycles. The van der Waals surface area contributed by atoms with E-state index in [0.717, 1.165) is 6.42 Å². The first-order chi connectivity index (χ1) is 5.79. The summed E-state index contributed by atoms with van der Waals surface area (Å²) in [7, 11) is 0. The Morgan fingerprint density at radius 3 is 3.00 bits per heavy atom. The van der Waals surface area contributed by atoms with Crippen LogP contribution in [0.1, 0.15) is 11.3 Å². The van der Waals surface area contributed by atoms with Crippen LogP contribution in [-0.4, -0.2) is 11.1 Å². The van der Waals surface area contributed by atoms with Gasteiger partial charge < -0.3 is 5.11 Å². The summed E-state index contributed by atoms with van der Waals surface area (Å²) < 4.78 is 0. The summed E-state index contributed by atoms with van der Waals surface area (Å²) in [6.07, 6.45) is 4.53. The fraction of sp³-hybridized carbons (Fsp3) is 0.222. The Labute approximate surface area is 75.2 Å². The topological polar surface area (TPSA) is 37.3 Å². The molecule has 0 amide bonds. The van der Waals surface area contributed by atoms with Gasteiger partial charge in [-0.1, -0.05) is 18.2 Å². The molecule has 0 fully saturated rings. The van der Waals surface area contributed by atoms with Crippen molar-refractivity contribution in [2.45, 2.75) is 12.8 Å². The Balaban J connectivity index is 2.26. The first-order valence-corrected chi connectivity index (χ1v) is 4.56. The third kappa shape index (κ3) is 3.34. The maximum Gasteiger partial charge on any atom is 0.307 e. The highest BCUT2D eigenvalue weighted by atomic mass is 32.1. The van der Waals surface area contributed by atoms with Crippen LogP contribution in [0.4, 0.5) is 0 Å². The van der Waals surface area contributed by atoms with Gasteiger partial charge in [-0.05, 0) is 17.9 Å². The minimum atomic E-state index is -0.780. The third-order valence-electron chi connectivity index (χ3n) is 1.36. The summed E-state index contributed by atoms with van der Waals surface area (Å²) in [4.78, 5) is 11.4. The second-order valence-corrected chi connectivity index (χ2v) is 3.39. The first kappa shape index (κ1) is 9.00. The zero-order chi connectivity index (χ0) is 8.81. The Morgan fingerprint density at radius 1 is 1.58 bits per heavy atom. The predicted molar refractivity (Wildman–Crippen MR) is 49.4 cm³/mol. The van der Waals surface area contributed by atoms with Gasteiger partial charge in [-0.3, -0.25) is 4.79 Å². The molecule has 0 radical (unpaired) electrons. The van der Waals surface area contributed by atoms with Crippen LogP contribution in [0.2, 0.25) is 0 Å². The maximum atomic E-state index is 10.1. The van der Waals surface area contributed by atoms with Crippen LogP contribution in [0, 0.1) is 0 Å². The highest BCUT2D eigenvalue weighted by molar-refractivity contribution is 7.09. The number of hydrogen-bond acceptors (Lipinski definition) is 2. The molecule has 1 rings (SSSR count). The highest BCUT2D eigenvalue weighted by Gasteiger charge is 1.90. The average Bonchev–Trinajstić information content (AvgIpc) is 2.49. The minimum absolute atomic E-state index is 0.116. The fourth-order valence-corrected chi connectivity index (χ4v) is 1.49. The molecule has 0 aliphatic carbocycles. The van der Waals surface area contributed by atoms with E-state index in [1.54, 1.807) is 17.4 Å². The molecule has 3 heteroatoms. The van der Waals surface area contributed by atoms with Crippen molar-refractivity contribution >= 4 is 17.3 Å². The molecule has 1 heterocycles. The third-order valence-corrected chi connectivity index (χ3v) is 2.26. The average molecular weight is 182 g/mol. The summed E-state index contributed by atoms with van der Waals surface area (Å²) in [5.41, 5.74) is 0. The van der Waals surface area contributed by atoms with Gasteiger partial charge in [0.15, 0.2) is 0 Å². The largest absolute Gasteiger partial charge is 0.481 e. The lowest BCUT2D eigenvalue weighted by Crippen LogP contribution is -1.89. The van der Waals surface area contributed by atoms with Crippen LogP contribution < -0.4 is 0 Å². The molecular weight excluding hydrogens is 172 g/mol. The van der Waals surface area contributed by atoms with Crippen molar-refractivity contribution in [2.24, 2.45) is 0 Å². The van der Waals surface area contributed by atoms with Gasteiger partial charge in [-0.15, -0.1) is 11.3 Å². The van der Waals surface area contributed by atoms with E-state index in [1.165, 1.54) is 4.88 Å². The van der Waals surface area contributed by atoms with E-state index in [1.807, 2.05) is 23.6 Å². The number of carbonyl (C=O) groups is 1. The molecule has 64 valence electrons. The van der Waals surface area contributed by atoms with Crippen LogP contribution in [0.5, 0.6) is 0 Å². The van der Waals surface area contributed by atoms with Gasteiger partial charge in [0.2, 0.25) is 0 Å². The maximum absolute atomic E-state index is 10.1. The molecule has 0 aliphatic heterocycles. The van der Waals surface area contributed by atoms with Crippen molar-refractivity contribution in [3.63, 3.8) is 0 Å². The Morgan fingerprint density at radius 2 is 2.42 bits per heavy atom. The van der Waals surface area contributed by atoms with Gasteiger partial charge in [0, 0.05) is 4.88 Å². The van der Waals surface area contributed by atoms with Crippen LogP contribution >= 0.6 is 11.3 Å². The Hall–Kier alpha value is -1.09. The second kappa shape index (κ2) is 4.72. The zero-order valence-electron chi connectivity index (χ0n) is 6.56. The molecule has 0 aliphatic rings. The summed E-state index contributed by atoms with van der Waals surface area (Å²) >= 11 is 1.68. The molecule has 0 unspecified atom stereocenters. The van der Waals surface area contributed by atoms with E-state index < -0.39 is 5.97 Å². The molecule has 2 nitrogen and oxygen atoms in total. The van der Waals surface area contributed by atoms with Gasteiger partial charge in [-0.25, -0.2) is 0 Å². The lowest BCUT2D eigenvalue weighted by molar-refractivity contribution is -0.136. The molecule has 1 aromatic rings. The molecular formula is C9H10O2S. The van der Waals surface area contributed by atoms with Gasteiger partial charge in [0.25, 0.3) is 0 Å². The minimum Gasteiger partial charge on any atom is -0.481 e. The SMILES string of the molecule is O=C(O)CC=CCc1cccs1. The van der Waals surface area contributed by atoms with Gasteiger partial charge in [-0.2, -0.15) is 0 Å². The van der Waals surface area contributed by atoms with Crippen LogP contribution in [0.25, 0.3) is 0 Å². The van der Waals surface area contributed by atoms with E-state index >= 15 is 0 Å². The Bertz CT molecular complexity index is 262. The summed E-state index contributed by atoms with van der Waals surface area (Å²) in [6.45, 7) is 0. The highest BCUT2D eigenvalue weighted by Crippen LogP contribution is 2.09. The quantitative estimate of drug-likeness (QED) is 0.725. The van der Waals surface area contributed by atoms with Gasteiger partial charge in [0.1, 0.15) is 0 Å².